The van der Waals surface area contributed by atoms with Crippen molar-refractivity contribution in [1.29, 1.82) is 0 Å². The smallest absolute Gasteiger partial charge is 0.363 e. The molecule has 0 saturated carbocycles. The van der Waals surface area contributed by atoms with Gasteiger partial charge in [-0.05, 0) is 59.0 Å². The Morgan fingerprint density at radius 1 is 1.17 bits per heavy atom. The Morgan fingerprint density at radius 3 is 2.67 bits per heavy atom. The number of halogens is 1. The zero-order valence-electron chi connectivity index (χ0n) is 12.7. The van der Waals surface area contributed by atoms with E-state index >= 15 is 0 Å². The number of para-hydroxylation sites is 1. The lowest BCUT2D eigenvalue weighted by Gasteiger charge is -2.06. The maximum Gasteiger partial charge on any atom is 0.363 e. The van der Waals surface area contributed by atoms with Crippen molar-refractivity contribution in [1.82, 2.24) is 0 Å². The fourth-order valence-corrected chi connectivity index (χ4v) is 2.51. The first-order valence-corrected chi connectivity index (χ1v) is 8.36. The Bertz CT molecular complexity index is 838. The molecular formula is C19H14INO3. The molecule has 2 aromatic rings. The van der Waals surface area contributed by atoms with Gasteiger partial charge in [0.2, 0.25) is 5.90 Å². The normalized spacial score (nSPS) is 15.1. The lowest BCUT2D eigenvalue weighted by atomic mass is 10.1. The molecule has 0 aliphatic carbocycles. The van der Waals surface area contributed by atoms with Crippen LogP contribution in [0, 0.1) is 3.57 Å². The molecule has 3 rings (SSSR count). The van der Waals surface area contributed by atoms with Crippen molar-refractivity contribution >= 4 is 40.5 Å². The summed E-state index contributed by atoms with van der Waals surface area (Å²) in [5.41, 5.74) is 1.78. The summed E-state index contributed by atoms with van der Waals surface area (Å²) in [5, 5.41) is 0. The fraction of sp³-hybridized carbons (Fsp3) is 0.0526. The van der Waals surface area contributed by atoms with Crippen LogP contribution in [0.15, 0.2) is 71.9 Å². The largest absolute Gasteiger partial charge is 0.489 e. The summed E-state index contributed by atoms with van der Waals surface area (Å²) in [6, 6.07) is 15.1. The molecule has 1 aliphatic rings. The van der Waals surface area contributed by atoms with Gasteiger partial charge < -0.3 is 9.47 Å². The Kier molecular flexibility index (Phi) is 5.10. The van der Waals surface area contributed by atoms with Gasteiger partial charge in [0.1, 0.15) is 12.4 Å². The molecule has 5 heteroatoms. The standard InChI is InChI=1S/C19H14INO3/c1-2-11-23-17-6-4-3-5-14(17)12-16-19(22)24-18(21-16)13-7-9-15(20)10-8-13/h2-10,12H,1,11H2/b16-12+. The van der Waals surface area contributed by atoms with Crippen LogP contribution in [0.4, 0.5) is 0 Å². The molecule has 0 saturated heterocycles. The summed E-state index contributed by atoms with van der Waals surface area (Å²) in [7, 11) is 0. The first-order valence-electron chi connectivity index (χ1n) is 7.28. The minimum atomic E-state index is -0.470. The number of cyclic esters (lactones) is 1. The average molecular weight is 431 g/mol. The highest BCUT2D eigenvalue weighted by Gasteiger charge is 2.24. The van der Waals surface area contributed by atoms with Gasteiger partial charge in [-0.2, -0.15) is 0 Å². The summed E-state index contributed by atoms with van der Waals surface area (Å²) in [5.74, 6) is 0.504. The summed E-state index contributed by atoms with van der Waals surface area (Å²) < 4.78 is 12.0. The van der Waals surface area contributed by atoms with Gasteiger partial charge in [-0.25, -0.2) is 9.79 Å². The first-order chi connectivity index (χ1) is 11.7. The van der Waals surface area contributed by atoms with Gasteiger partial charge in [0, 0.05) is 14.7 Å². The summed E-state index contributed by atoms with van der Waals surface area (Å²) in [6.45, 7) is 4.02. The summed E-state index contributed by atoms with van der Waals surface area (Å²) in [4.78, 5) is 16.4. The van der Waals surface area contributed by atoms with Crippen molar-refractivity contribution in [3.63, 3.8) is 0 Å². The molecule has 120 valence electrons. The highest BCUT2D eigenvalue weighted by Crippen LogP contribution is 2.25. The third-order valence-electron chi connectivity index (χ3n) is 3.28. The van der Waals surface area contributed by atoms with E-state index in [9.17, 15) is 4.79 Å². The number of benzene rings is 2. The van der Waals surface area contributed by atoms with Crippen molar-refractivity contribution in [2.75, 3.05) is 6.61 Å². The Balaban J connectivity index is 1.91. The number of hydrogen-bond acceptors (Lipinski definition) is 4. The second-order valence-corrected chi connectivity index (χ2v) is 6.23. The quantitative estimate of drug-likeness (QED) is 0.309. The van der Waals surface area contributed by atoms with Gasteiger partial charge >= 0.3 is 5.97 Å². The van der Waals surface area contributed by atoms with Gasteiger partial charge in [-0.15, -0.1) is 0 Å². The number of carbonyl (C=O) groups excluding carboxylic acids is 1. The molecule has 0 amide bonds. The molecule has 2 aromatic carbocycles. The second-order valence-electron chi connectivity index (χ2n) is 4.98. The van der Waals surface area contributed by atoms with Crippen molar-refractivity contribution in [3.8, 4) is 5.75 Å². The van der Waals surface area contributed by atoms with E-state index in [2.05, 4.69) is 34.2 Å². The van der Waals surface area contributed by atoms with E-state index in [0.717, 1.165) is 14.7 Å². The van der Waals surface area contributed by atoms with Crippen LogP contribution in [0.5, 0.6) is 5.75 Å². The van der Waals surface area contributed by atoms with Crippen LogP contribution in [-0.4, -0.2) is 18.5 Å². The predicted octanol–water partition coefficient (Wildman–Crippen LogP) is 4.20. The Labute approximate surface area is 153 Å². The number of ether oxygens (including phenoxy) is 2. The van der Waals surface area contributed by atoms with E-state index in [4.69, 9.17) is 9.47 Å². The molecule has 0 aromatic heterocycles. The van der Waals surface area contributed by atoms with Gasteiger partial charge in [0.25, 0.3) is 0 Å². The molecule has 0 unspecified atom stereocenters. The van der Waals surface area contributed by atoms with Crippen LogP contribution in [0.1, 0.15) is 11.1 Å². The molecule has 0 fully saturated rings. The zero-order chi connectivity index (χ0) is 16.9. The monoisotopic (exact) mass is 431 g/mol. The summed E-state index contributed by atoms with van der Waals surface area (Å²) in [6.07, 6.45) is 3.33. The molecule has 1 heterocycles. The second kappa shape index (κ2) is 7.44. The van der Waals surface area contributed by atoms with Crippen molar-refractivity contribution in [2.45, 2.75) is 0 Å². The molecular weight excluding hydrogens is 417 g/mol. The Hall–Kier alpha value is -2.41. The van der Waals surface area contributed by atoms with Crippen molar-refractivity contribution in [3.05, 3.63) is 81.6 Å². The van der Waals surface area contributed by atoms with Crippen LogP contribution in [0.25, 0.3) is 6.08 Å². The highest BCUT2D eigenvalue weighted by molar-refractivity contribution is 14.1. The third kappa shape index (κ3) is 3.73. The minimum Gasteiger partial charge on any atom is -0.489 e. The lowest BCUT2D eigenvalue weighted by Crippen LogP contribution is -2.05. The van der Waals surface area contributed by atoms with Gasteiger partial charge in [-0.1, -0.05) is 30.9 Å². The molecule has 1 aliphatic heterocycles. The lowest BCUT2D eigenvalue weighted by molar-refractivity contribution is -0.129. The van der Waals surface area contributed by atoms with Gasteiger partial charge in [-0.3, -0.25) is 0 Å². The average Bonchev–Trinajstić information content (AvgIpc) is 2.95. The molecule has 0 bridgehead atoms. The number of nitrogens with zero attached hydrogens (tertiary/aromatic N) is 1. The topological polar surface area (TPSA) is 47.9 Å². The van der Waals surface area contributed by atoms with E-state index in [0.29, 0.717) is 18.3 Å². The number of esters is 1. The number of hydrogen-bond donors (Lipinski definition) is 0. The molecule has 0 spiro atoms. The van der Waals surface area contributed by atoms with Crippen LogP contribution in [0.2, 0.25) is 0 Å². The molecule has 0 atom stereocenters. The van der Waals surface area contributed by atoms with E-state index < -0.39 is 5.97 Å². The third-order valence-corrected chi connectivity index (χ3v) is 4.00. The molecule has 0 radical (unpaired) electrons. The van der Waals surface area contributed by atoms with Crippen LogP contribution < -0.4 is 4.74 Å². The van der Waals surface area contributed by atoms with E-state index in [1.54, 1.807) is 12.2 Å². The van der Waals surface area contributed by atoms with Crippen LogP contribution in [-0.2, 0) is 9.53 Å². The van der Waals surface area contributed by atoms with Gasteiger partial charge in [0.15, 0.2) is 5.70 Å². The van der Waals surface area contributed by atoms with Crippen LogP contribution >= 0.6 is 22.6 Å². The van der Waals surface area contributed by atoms with Crippen molar-refractivity contribution < 1.29 is 14.3 Å². The van der Waals surface area contributed by atoms with Gasteiger partial charge in [0.05, 0.1) is 0 Å². The molecule has 4 nitrogen and oxygen atoms in total. The summed E-state index contributed by atoms with van der Waals surface area (Å²) >= 11 is 2.22. The highest BCUT2D eigenvalue weighted by atomic mass is 127. The minimum absolute atomic E-state index is 0.248. The number of aliphatic imine (C=N–C) groups is 1. The molecule has 24 heavy (non-hydrogen) atoms. The number of rotatable bonds is 5. The maximum absolute atomic E-state index is 12.1. The predicted molar refractivity (Wildman–Crippen MR) is 102 cm³/mol. The molecule has 0 N–H and O–H groups in total. The maximum atomic E-state index is 12.1. The SMILES string of the molecule is C=CCOc1ccccc1/C=C1/N=C(c2ccc(I)cc2)OC1=O. The Morgan fingerprint density at radius 2 is 1.92 bits per heavy atom. The zero-order valence-corrected chi connectivity index (χ0v) is 14.9. The first kappa shape index (κ1) is 16.4. The van der Waals surface area contributed by atoms with Crippen molar-refractivity contribution in [2.24, 2.45) is 4.99 Å². The number of carbonyl (C=O) groups is 1. The fourth-order valence-electron chi connectivity index (χ4n) is 2.15. The van der Waals surface area contributed by atoms with E-state index in [1.807, 2.05) is 48.5 Å². The van der Waals surface area contributed by atoms with E-state index in [1.165, 1.54) is 0 Å². The van der Waals surface area contributed by atoms with E-state index in [-0.39, 0.29) is 5.70 Å². The van der Waals surface area contributed by atoms with Crippen LogP contribution in [0.3, 0.4) is 0 Å².